The molecule has 0 radical (unpaired) electrons. The van der Waals surface area contributed by atoms with E-state index in [1.165, 1.54) is 0 Å². The van der Waals surface area contributed by atoms with Gasteiger partial charge in [-0.2, -0.15) is 4.31 Å². The SMILES string of the molecule is CC[C@H]1[C@@H](O)[C@@H]2[C@H](CC[C@]3(C)[C@@H]([C@H](C)CCS(=O)(=O)N(Cc4ccc(OC)cc4)Cc4ccc(OC)cc4)CC[C@@H]23)[C@@]2(C)CC[C@@H](O)C[C@@H]12. The highest BCUT2D eigenvalue weighted by Crippen LogP contribution is 2.69. The van der Waals surface area contributed by atoms with Crippen LogP contribution in [-0.4, -0.2) is 55.1 Å². The van der Waals surface area contributed by atoms with Crippen molar-refractivity contribution in [1.29, 1.82) is 0 Å². The van der Waals surface area contributed by atoms with Crippen LogP contribution in [0.3, 0.4) is 0 Å². The maximum atomic E-state index is 14.2. The summed E-state index contributed by atoms with van der Waals surface area (Å²) in [6, 6.07) is 15.3. The molecular weight excluding hydrogens is 635 g/mol. The van der Waals surface area contributed by atoms with E-state index in [4.69, 9.17) is 9.47 Å². The molecule has 272 valence electrons. The van der Waals surface area contributed by atoms with Crippen molar-refractivity contribution >= 4 is 10.0 Å². The van der Waals surface area contributed by atoms with E-state index < -0.39 is 10.0 Å². The highest BCUT2D eigenvalue weighted by Gasteiger charge is 2.64. The molecule has 4 saturated carbocycles. The van der Waals surface area contributed by atoms with E-state index in [-0.39, 0.29) is 40.6 Å². The van der Waals surface area contributed by atoms with Gasteiger partial charge in [-0.25, -0.2) is 8.42 Å². The van der Waals surface area contributed by atoms with E-state index in [0.29, 0.717) is 49.1 Å². The van der Waals surface area contributed by atoms with Crippen molar-refractivity contribution in [2.24, 2.45) is 52.3 Å². The number of aliphatic hydroxyl groups is 2. The number of rotatable bonds is 12. The number of methoxy groups -OCH3 is 2. The smallest absolute Gasteiger partial charge is 0.214 e. The second-order valence-corrected chi connectivity index (χ2v) is 18.8. The Morgan fingerprint density at radius 2 is 1.37 bits per heavy atom. The van der Waals surface area contributed by atoms with Crippen molar-refractivity contribution in [1.82, 2.24) is 4.31 Å². The normalized spacial score (nSPS) is 36.4. The van der Waals surface area contributed by atoms with Crippen LogP contribution >= 0.6 is 0 Å². The van der Waals surface area contributed by atoms with Gasteiger partial charge in [-0.1, -0.05) is 58.4 Å². The summed E-state index contributed by atoms with van der Waals surface area (Å²) in [6.07, 6.45) is 8.32. The summed E-state index contributed by atoms with van der Waals surface area (Å²) in [5.74, 6) is 4.21. The Hall–Kier alpha value is -2.13. The van der Waals surface area contributed by atoms with Gasteiger partial charge in [0.2, 0.25) is 10.0 Å². The predicted molar refractivity (Wildman–Crippen MR) is 195 cm³/mol. The Morgan fingerprint density at radius 1 is 0.816 bits per heavy atom. The molecule has 2 aromatic carbocycles. The third-order valence-electron chi connectivity index (χ3n) is 14.4. The molecule has 0 heterocycles. The lowest BCUT2D eigenvalue weighted by molar-refractivity contribution is -0.203. The highest BCUT2D eigenvalue weighted by molar-refractivity contribution is 7.89. The number of hydrogen-bond acceptors (Lipinski definition) is 6. The maximum absolute atomic E-state index is 14.2. The number of benzene rings is 2. The van der Waals surface area contributed by atoms with Crippen LogP contribution in [0.4, 0.5) is 0 Å². The average Bonchev–Trinajstić information content (AvgIpc) is 3.45. The number of ether oxygens (including phenoxy) is 2. The molecule has 2 aromatic rings. The summed E-state index contributed by atoms with van der Waals surface area (Å²) in [5.41, 5.74) is 2.13. The second kappa shape index (κ2) is 14.5. The van der Waals surface area contributed by atoms with Gasteiger partial charge in [-0.05, 0) is 139 Å². The Bertz CT molecular complexity index is 1460. The average molecular weight is 696 g/mol. The van der Waals surface area contributed by atoms with Crippen molar-refractivity contribution < 1.29 is 28.1 Å². The van der Waals surface area contributed by atoms with Crippen LogP contribution < -0.4 is 9.47 Å². The molecule has 4 fully saturated rings. The lowest BCUT2D eigenvalue weighted by atomic mass is 9.41. The van der Waals surface area contributed by atoms with Gasteiger partial charge in [0.15, 0.2) is 0 Å². The molecule has 7 nitrogen and oxygen atoms in total. The molecule has 0 saturated heterocycles. The monoisotopic (exact) mass is 695 g/mol. The van der Waals surface area contributed by atoms with Gasteiger partial charge in [-0.15, -0.1) is 0 Å². The summed E-state index contributed by atoms with van der Waals surface area (Å²) in [4.78, 5) is 0. The first-order chi connectivity index (χ1) is 23.3. The number of nitrogens with zero attached hydrogens (tertiary/aromatic N) is 1. The minimum Gasteiger partial charge on any atom is -0.497 e. The molecule has 2 N–H and O–H groups in total. The maximum Gasteiger partial charge on any atom is 0.214 e. The Kier molecular flexibility index (Phi) is 10.8. The molecular formula is C41H61NO6S. The highest BCUT2D eigenvalue weighted by atomic mass is 32.2. The molecule has 0 amide bonds. The molecule has 49 heavy (non-hydrogen) atoms. The lowest BCUT2D eigenvalue weighted by Crippen LogP contribution is -2.62. The second-order valence-electron chi connectivity index (χ2n) is 16.7. The van der Waals surface area contributed by atoms with Gasteiger partial charge >= 0.3 is 0 Å². The fraction of sp³-hybridized carbons (Fsp3) is 0.707. The number of aliphatic hydroxyl groups excluding tert-OH is 2. The summed E-state index contributed by atoms with van der Waals surface area (Å²) in [7, 11) is -0.314. The van der Waals surface area contributed by atoms with Crippen LogP contribution in [0.1, 0.15) is 96.6 Å². The van der Waals surface area contributed by atoms with Crippen LogP contribution in [0.15, 0.2) is 48.5 Å². The van der Waals surface area contributed by atoms with Gasteiger partial charge in [0, 0.05) is 13.1 Å². The first kappa shape index (κ1) is 36.7. The van der Waals surface area contributed by atoms with Crippen molar-refractivity contribution in [2.45, 2.75) is 111 Å². The Morgan fingerprint density at radius 3 is 1.92 bits per heavy atom. The van der Waals surface area contributed by atoms with E-state index >= 15 is 0 Å². The third-order valence-corrected chi connectivity index (χ3v) is 16.2. The molecule has 4 aliphatic carbocycles. The van der Waals surface area contributed by atoms with Crippen LogP contribution in [0.5, 0.6) is 11.5 Å². The van der Waals surface area contributed by atoms with E-state index in [1.54, 1.807) is 18.5 Å². The first-order valence-electron chi connectivity index (χ1n) is 18.9. The van der Waals surface area contributed by atoms with Crippen molar-refractivity contribution in [3.63, 3.8) is 0 Å². The van der Waals surface area contributed by atoms with Crippen molar-refractivity contribution in [3.8, 4) is 11.5 Å². The molecule has 6 rings (SSSR count). The zero-order valence-electron chi connectivity index (χ0n) is 30.7. The number of hydrogen-bond donors (Lipinski definition) is 2. The third kappa shape index (κ3) is 6.93. The van der Waals surface area contributed by atoms with E-state index in [0.717, 1.165) is 74.0 Å². The molecule has 11 atom stereocenters. The summed E-state index contributed by atoms with van der Waals surface area (Å²) in [6.45, 7) is 10.1. The fourth-order valence-corrected chi connectivity index (χ4v) is 13.3. The van der Waals surface area contributed by atoms with E-state index in [9.17, 15) is 18.6 Å². The van der Waals surface area contributed by atoms with Gasteiger partial charge in [0.05, 0.1) is 32.2 Å². The summed E-state index contributed by atoms with van der Waals surface area (Å²) >= 11 is 0. The predicted octanol–water partition coefficient (Wildman–Crippen LogP) is 7.69. The topological polar surface area (TPSA) is 96.3 Å². The molecule has 0 unspecified atom stereocenters. The zero-order chi connectivity index (χ0) is 35.1. The fourth-order valence-electron chi connectivity index (χ4n) is 11.7. The molecule has 0 bridgehead atoms. The number of fused-ring (bicyclic) bond motifs is 5. The van der Waals surface area contributed by atoms with Crippen LogP contribution in [0, 0.1) is 52.3 Å². The zero-order valence-corrected chi connectivity index (χ0v) is 31.5. The van der Waals surface area contributed by atoms with Crippen molar-refractivity contribution in [3.05, 3.63) is 59.7 Å². The molecule has 8 heteroatoms. The van der Waals surface area contributed by atoms with Crippen LogP contribution in [0.2, 0.25) is 0 Å². The molecule has 4 aliphatic rings. The molecule has 0 aliphatic heterocycles. The van der Waals surface area contributed by atoms with Gasteiger partial charge < -0.3 is 19.7 Å². The largest absolute Gasteiger partial charge is 0.497 e. The van der Waals surface area contributed by atoms with Gasteiger partial charge in [-0.3, -0.25) is 0 Å². The van der Waals surface area contributed by atoms with Gasteiger partial charge in [0.25, 0.3) is 0 Å². The minimum atomic E-state index is -3.58. The minimum absolute atomic E-state index is 0.104. The Balaban J connectivity index is 1.18. The molecule has 0 spiro atoms. The Labute approximate surface area is 295 Å². The summed E-state index contributed by atoms with van der Waals surface area (Å²) < 4.78 is 40.7. The van der Waals surface area contributed by atoms with E-state index in [1.807, 2.05) is 48.5 Å². The lowest BCUT2D eigenvalue weighted by Gasteiger charge is -2.64. The van der Waals surface area contributed by atoms with E-state index in [2.05, 4.69) is 27.7 Å². The molecule has 0 aromatic heterocycles. The quantitative estimate of drug-likeness (QED) is 0.237. The van der Waals surface area contributed by atoms with Gasteiger partial charge in [0.1, 0.15) is 11.5 Å². The standard InChI is InChI=1S/C41H61NO6S/c1-7-33-37-24-30(43)18-21-41(37,4)36-19-22-40(3)34(16-17-35(40)38(36)39(33)44)27(2)20-23-49(45,46)42(25-28-8-12-31(47-5)13-9-28)26-29-10-14-32(48-6)15-11-29/h8-15,27,30,33-39,43-44H,7,16-26H2,1-6H3/t27-,30-,33-,34-,35+,36+,37+,38+,39-,40-,41-/m1/s1. The van der Waals surface area contributed by atoms with Crippen LogP contribution in [0.25, 0.3) is 0 Å². The summed E-state index contributed by atoms with van der Waals surface area (Å²) in [5, 5.41) is 22.7. The first-order valence-corrected chi connectivity index (χ1v) is 20.5. The van der Waals surface area contributed by atoms with Crippen molar-refractivity contribution in [2.75, 3.05) is 20.0 Å². The van der Waals surface area contributed by atoms with Crippen LogP contribution in [-0.2, 0) is 23.1 Å². The number of sulfonamides is 1.